The van der Waals surface area contributed by atoms with E-state index in [1.165, 1.54) is 11.8 Å². The van der Waals surface area contributed by atoms with Gasteiger partial charge < -0.3 is 20.2 Å². The number of carbonyl (C=O) groups is 3. The van der Waals surface area contributed by atoms with Gasteiger partial charge in [-0.05, 0) is 25.7 Å². The van der Waals surface area contributed by atoms with E-state index in [9.17, 15) is 19.5 Å². The second-order valence-corrected chi connectivity index (χ2v) is 5.45. The monoisotopic (exact) mass is 269 g/mol. The molecule has 0 aromatic carbocycles. The van der Waals surface area contributed by atoms with Gasteiger partial charge in [-0.25, -0.2) is 9.59 Å². The summed E-state index contributed by atoms with van der Waals surface area (Å²) < 4.78 is 0. The minimum Gasteiger partial charge on any atom is -0.480 e. The molecule has 7 heteroatoms. The number of urea groups is 1. The van der Waals surface area contributed by atoms with Crippen molar-refractivity contribution in [3.05, 3.63) is 0 Å². The zero-order valence-electron chi connectivity index (χ0n) is 11.2. The number of rotatable bonds is 3. The fourth-order valence-corrected chi connectivity index (χ4v) is 2.22. The lowest BCUT2D eigenvalue weighted by Crippen LogP contribution is -2.60. The molecule has 19 heavy (non-hydrogen) atoms. The Hall–Kier alpha value is -1.79. The van der Waals surface area contributed by atoms with Gasteiger partial charge >= 0.3 is 12.0 Å². The molecule has 0 aromatic rings. The molecular formula is C12H19N3O4. The fourth-order valence-electron chi connectivity index (χ4n) is 2.22. The third kappa shape index (κ3) is 2.64. The second kappa shape index (κ2) is 4.71. The van der Waals surface area contributed by atoms with Gasteiger partial charge in [-0.3, -0.25) is 4.79 Å². The summed E-state index contributed by atoms with van der Waals surface area (Å²) in [5, 5.41) is 11.9. The van der Waals surface area contributed by atoms with Crippen molar-refractivity contribution in [3.8, 4) is 0 Å². The normalized spacial score (nSPS) is 22.9. The van der Waals surface area contributed by atoms with Crippen molar-refractivity contribution < 1.29 is 19.5 Å². The molecule has 2 N–H and O–H groups in total. The Balaban J connectivity index is 2.00. The highest BCUT2D eigenvalue weighted by atomic mass is 16.4. The number of hydrogen-bond donors (Lipinski definition) is 2. The van der Waals surface area contributed by atoms with E-state index in [2.05, 4.69) is 5.32 Å². The number of hydrogen-bond acceptors (Lipinski definition) is 3. The van der Waals surface area contributed by atoms with Crippen LogP contribution in [0.5, 0.6) is 0 Å². The highest BCUT2D eigenvalue weighted by Gasteiger charge is 2.49. The lowest BCUT2D eigenvalue weighted by Gasteiger charge is -2.35. The molecule has 1 aliphatic carbocycles. The van der Waals surface area contributed by atoms with Crippen LogP contribution in [0.15, 0.2) is 0 Å². The first-order valence-corrected chi connectivity index (χ1v) is 6.39. The van der Waals surface area contributed by atoms with Crippen molar-refractivity contribution in [2.75, 3.05) is 26.7 Å². The molecule has 1 aliphatic heterocycles. The van der Waals surface area contributed by atoms with Crippen LogP contribution in [0.1, 0.15) is 19.8 Å². The Kier molecular flexibility index (Phi) is 3.38. The third-order valence-electron chi connectivity index (χ3n) is 3.95. The molecule has 0 radical (unpaired) electrons. The van der Waals surface area contributed by atoms with E-state index in [1.807, 2.05) is 0 Å². The molecule has 3 amide bonds. The maximum atomic E-state index is 12.1. The molecular weight excluding hydrogens is 250 g/mol. The number of amides is 3. The lowest BCUT2D eigenvalue weighted by atomic mass is 9.96. The summed E-state index contributed by atoms with van der Waals surface area (Å²) in [4.78, 5) is 37.9. The number of nitrogens with zero attached hydrogens (tertiary/aromatic N) is 2. The van der Waals surface area contributed by atoms with Gasteiger partial charge in [-0.2, -0.15) is 0 Å². The highest BCUT2D eigenvalue weighted by molar-refractivity contribution is 5.89. The molecule has 1 unspecified atom stereocenters. The van der Waals surface area contributed by atoms with Crippen LogP contribution in [0.4, 0.5) is 4.79 Å². The van der Waals surface area contributed by atoms with E-state index in [-0.39, 0.29) is 18.4 Å². The van der Waals surface area contributed by atoms with Gasteiger partial charge in [0.2, 0.25) is 5.91 Å². The third-order valence-corrected chi connectivity index (χ3v) is 3.95. The molecule has 2 rings (SSSR count). The predicted octanol–water partition coefficient (Wildman–Crippen LogP) is -0.277. The maximum Gasteiger partial charge on any atom is 0.329 e. The van der Waals surface area contributed by atoms with Gasteiger partial charge in [-0.1, -0.05) is 0 Å². The number of carboxylic acid groups (broad SMARTS) is 1. The molecule has 2 aliphatic rings. The number of carboxylic acids is 1. The first kappa shape index (κ1) is 13.6. The summed E-state index contributed by atoms with van der Waals surface area (Å²) in [5.74, 6) is -1.18. The second-order valence-electron chi connectivity index (χ2n) is 5.45. The first-order chi connectivity index (χ1) is 8.84. The van der Waals surface area contributed by atoms with Crippen LogP contribution in [0.2, 0.25) is 0 Å². The summed E-state index contributed by atoms with van der Waals surface area (Å²) in [5.41, 5.74) is -1.23. The van der Waals surface area contributed by atoms with Gasteiger partial charge in [0.05, 0.1) is 0 Å². The molecule has 7 nitrogen and oxygen atoms in total. The Morgan fingerprint density at radius 3 is 2.47 bits per heavy atom. The minimum atomic E-state index is -1.23. The Morgan fingerprint density at radius 1 is 1.37 bits per heavy atom. The van der Waals surface area contributed by atoms with Gasteiger partial charge in [0.1, 0.15) is 12.1 Å². The quantitative estimate of drug-likeness (QED) is 0.737. The maximum absolute atomic E-state index is 12.1. The molecule has 106 valence electrons. The van der Waals surface area contributed by atoms with E-state index < -0.39 is 17.5 Å². The first-order valence-electron chi connectivity index (χ1n) is 6.39. The van der Waals surface area contributed by atoms with Crippen LogP contribution >= 0.6 is 0 Å². The van der Waals surface area contributed by atoms with Crippen LogP contribution in [0.3, 0.4) is 0 Å². The largest absolute Gasteiger partial charge is 0.480 e. The van der Waals surface area contributed by atoms with Crippen LogP contribution in [-0.4, -0.2) is 65.0 Å². The molecule has 1 heterocycles. The minimum absolute atomic E-state index is 0.00268. The van der Waals surface area contributed by atoms with Crippen LogP contribution < -0.4 is 5.32 Å². The molecule has 2 fully saturated rings. The van der Waals surface area contributed by atoms with E-state index in [1.54, 1.807) is 11.9 Å². The number of nitrogens with one attached hydrogen (secondary N) is 1. The van der Waals surface area contributed by atoms with E-state index >= 15 is 0 Å². The van der Waals surface area contributed by atoms with Crippen LogP contribution in [0.25, 0.3) is 0 Å². The van der Waals surface area contributed by atoms with Gasteiger partial charge in [0.25, 0.3) is 0 Å². The Morgan fingerprint density at radius 2 is 2.00 bits per heavy atom. The number of piperazine rings is 1. The van der Waals surface area contributed by atoms with Crippen molar-refractivity contribution in [3.63, 3.8) is 0 Å². The topological polar surface area (TPSA) is 89.9 Å². The molecule has 0 aromatic heterocycles. The van der Waals surface area contributed by atoms with Gasteiger partial charge in [0.15, 0.2) is 0 Å². The van der Waals surface area contributed by atoms with Gasteiger partial charge in [0, 0.05) is 20.1 Å². The summed E-state index contributed by atoms with van der Waals surface area (Å²) in [7, 11) is 1.68. The molecule has 0 bridgehead atoms. The van der Waals surface area contributed by atoms with Crippen molar-refractivity contribution in [2.24, 2.45) is 5.92 Å². The van der Waals surface area contributed by atoms with Gasteiger partial charge in [-0.15, -0.1) is 0 Å². The Bertz CT molecular complexity index is 421. The van der Waals surface area contributed by atoms with E-state index in [4.69, 9.17) is 0 Å². The standard InChI is InChI=1S/C12H19N3O4/c1-12(10(17)18,8-3-4-8)13-11(19)15-6-5-14(2)9(16)7-15/h8H,3-7H2,1-2H3,(H,13,19)(H,17,18). The number of likely N-dealkylation sites (N-methyl/N-ethyl adjacent to an activating group) is 1. The number of aliphatic carboxylic acids is 1. The smallest absolute Gasteiger partial charge is 0.329 e. The summed E-state index contributed by atoms with van der Waals surface area (Å²) >= 11 is 0. The Labute approximate surface area is 111 Å². The fraction of sp³-hybridized carbons (Fsp3) is 0.750. The highest BCUT2D eigenvalue weighted by Crippen LogP contribution is 2.39. The lowest BCUT2D eigenvalue weighted by molar-refractivity contribution is -0.144. The summed E-state index contributed by atoms with van der Waals surface area (Å²) in [6.45, 7) is 2.43. The number of carbonyl (C=O) groups excluding carboxylic acids is 2. The van der Waals surface area contributed by atoms with E-state index in [0.717, 1.165) is 12.8 Å². The van der Waals surface area contributed by atoms with Crippen LogP contribution in [0, 0.1) is 5.92 Å². The van der Waals surface area contributed by atoms with Crippen LogP contribution in [-0.2, 0) is 9.59 Å². The van der Waals surface area contributed by atoms with Crippen molar-refractivity contribution >= 4 is 17.9 Å². The summed E-state index contributed by atoms with van der Waals surface area (Å²) in [6, 6.07) is -0.474. The average Bonchev–Trinajstić information content (AvgIpc) is 3.16. The molecule has 1 atom stereocenters. The average molecular weight is 269 g/mol. The molecule has 1 saturated heterocycles. The predicted molar refractivity (Wildman–Crippen MR) is 66.5 cm³/mol. The van der Waals surface area contributed by atoms with Crippen molar-refractivity contribution in [2.45, 2.75) is 25.3 Å². The van der Waals surface area contributed by atoms with E-state index in [0.29, 0.717) is 13.1 Å². The molecule has 1 saturated carbocycles. The summed E-state index contributed by atoms with van der Waals surface area (Å²) in [6.07, 6.45) is 1.62. The zero-order valence-corrected chi connectivity index (χ0v) is 11.2. The van der Waals surface area contributed by atoms with Crippen molar-refractivity contribution in [1.82, 2.24) is 15.1 Å². The SMILES string of the molecule is CN1CCN(C(=O)NC(C)(C(=O)O)C2CC2)CC1=O. The zero-order chi connectivity index (χ0) is 14.2. The molecule has 0 spiro atoms. The van der Waals surface area contributed by atoms with Crippen molar-refractivity contribution in [1.29, 1.82) is 0 Å².